The molecule has 0 aliphatic carbocycles. The summed E-state index contributed by atoms with van der Waals surface area (Å²) in [4.78, 5) is 24.9. The van der Waals surface area contributed by atoms with E-state index >= 15 is 0 Å². The van der Waals surface area contributed by atoms with Crippen molar-refractivity contribution in [1.29, 1.82) is 0 Å². The van der Waals surface area contributed by atoms with E-state index in [1.165, 1.54) is 22.9 Å². The fourth-order valence-electron chi connectivity index (χ4n) is 3.26. The third-order valence-corrected chi connectivity index (χ3v) is 4.86. The van der Waals surface area contributed by atoms with Crippen LogP contribution in [0.5, 0.6) is 5.75 Å². The smallest absolute Gasteiger partial charge is 0.363 e. The summed E-state index contributed by atoms with van der Waals surface area (Å²) in [7, 11) is 1.61. The second-order valence-electron chi connectivity index (χ2n) is 6.99. The van der Waals surface area contributed by atoms with Crippen molar-refractivity contribution in [2.24, 2.45) is 0 Å². The maximum absolute atomic E-state index is 14.2. The number of benzene rings is 3. The van der Waals surface area contributed by atoms with Gasteiger partial charge in [0.2, 0.25) is 11.1 Å². The van der Waals surface area contributed by atoms with Crippen molar-refractivity contribution < 1.29 is 18.7 Å². The largest absolute Gasteiger partial charge is 0.497 e. The molecular formula is C24H19FN2O4. The number of carbonyl (C=O) groups excluding carboxylic acids is 1. The van der Waals surface area contributed by atoms with Crippen LogP contribution in [0.25, 0.3) is 16.5 Å². The number of aryl methyl sites for hydroxylation is 1. The van der Waals surface area contributed by atoms with Crippen molar-refractivity contribution in [3.05, 3.63) is 99.7 Å². The van der Waals surface area contributed by atoms with Gasteiger partial charge in [-0.05, 0) is 53.6 Å². The van der Waals surface area contributed by atoms with E-state index in [-0.39, 0.29) is 12.3 Å². The maximum atomic E-state index is 14.2. The van der Waals surface area contributed by atoms with Gasteiger partial charge in [0, 0.05) is 11.8 Å². The summed E-state index contributed by atoms with van der Waals surface area (Å²) in [5.74, 6) is -0.637. The van der Waals surface area contributed by atoms with E-state index in [2.05, 4.69) is 5.10 Å². The fraction of sp³-hybridized carbons (Fsp3) is 0.125. The summed E-state index contributed by atoms with van der Waals surface area (Å²) in [6.07, 6.45) is 0. The number of esters is 1. The van der Waals surface area contributed by atoms with Crippen LogP contribution in [-0.4, -0.2) is 22.9 Å². The van der Waals surface area contributed by atoms with Gasteiger partial charge in [-0.2, -0.15) is 5.10 Å². The van der Waals surface area contributed by atoms with Crippen molar-refractivity contribution in [1.82, 2.24) is 9.78 Å². The SMILES string of the molecule is COc1ccc2cc(COC(=O)c3nn(-c4ccccc4F)c(C)cc3=O)ccc2c1. The van der Waals surface area contributed by atoms with E-state index in [1.807, 2.05) is 36.4 Å². The lowest BCUT2D eigenvalue weighted by atomic mass is 10.1. The van der Waals surface area contributed by atoms with Crippen LogP contribution in [0.4, 0.5) is 4.39 Å². The van der Waals surface area contributed by atoms with E-state index in [0.717, 1.165) is 22.1 Å². The zero-order valence-electron chi connectivity index (χ0n) is 17.0. The van der Waals surface area contributed by atoms with E-state index in [1.54, 1.807) is 26.2 Å². The highest BCUT2D eigenvalue weighted by atomic mass is 19.1. The predicted molar refractivity (Wildman–Crippen MR) is 114 cm³/mol. The first-order valence-corrected chi connectivity index (χ1v) is 9.56. The maximum Gasteiger partial charge on any atom is 0.363 e. The predicted octanol–water partition coefficient (Wildman–Crippen LogP) is 4.20. The Morgan fingerprint density at radius 1 is 1.03 bits per heavy atom. The van der Waals surface area contributed by atoms with Crippen LogP contribution in [0.15, 0.2) is 71.5 Å². The van der Waals surface area contributed by atoms with E-state index in [9.17, 15) is 14.0 Å². The molecule has 1 aromatic heterocycles. The molecule has 156 valence electrons. The van der Waals surface area contributed by atoms with Crippen molar-refractivity contribution in [2.75, 3.05) is 7.11 Å². The fourth-order valence-corrected chi connectivity index (χ4v) is 3.26. The van der Waals surface area contributed by atoms with Crippen LogP contribution in [0.3, 0.4) is 0 Å². The molecule has 4 aromatic rings. The normalized spacial score (nSPS) is 10.8. The molecule has 0 aliphatic rings. The molecule has 0 saturated heterocycles. The van der Waals surface area contributed by atoms with E-state index in [4.69, 9.17) is 9.47 Å². The Labute approximate surface area is 177 Å². The molecule has 0 radical (unpaired) electrons. The number of ether oxygens (including phenoxy) is 2. The number of aromatic nitrogens is 2. The van der Waals surface area contributed by atoms with Gasteiger partial charge in [-0.25, -0.2) is 13.9 Å². The lowest BCUT2D eigenvalue weighted by molar-refractivity contribution is 0.0462. The molecule has 0 spiro atoms. The Balaban J connectivity index is 1.57. The molecule has 0 fully saturated rings. The first-order chi connectivity index (χ1) is 15.0. The Kier molecular flexibility index (Phi) is 5.49. The number of para-hydroxylation sites is 1. The molecule has 7 heteroatoms. The van der Waals surface area contributed by atoms with Crippen LogP contribution in [0.1, 0.15) is 21.7 Å². The summed E-state index contributed by atoms with van der Waals surface area (Å²) >= 11 is 0. The summed E-state index contributed by atoms with van der Waals surface area (Å²) in [5, 5.41) is 6.01. The quantitative estimate of drug-likeness (QED) is 0.455. The summed E-state index contributed by atoms with van der Waals surface area (Å²) in [6.45, 7) is 1.58. The van der Waals surface area contributed by atoms with Crippen molar-refractivity contribution >= 4 is 16.7 Å². The first-order valence-electron chi connectivity index (χ1n) is 9.56. The zero-order valence-corrected chi connectivity index (χ0v) is 17.0. The highest BCUT2D eigenvalue weighted by molar-refractivity contribution is 5.87. The van der Waals surface area contributed by atoms with Gasteiger partial charge in [-0.1, -0.05) is 30.3 Å². The Morgan fingerprint density at radius 2 is 1.77 bits per heavy atom. The van der Waals surface area contributed by atoms with Gasteiger partial charge in [-0.3, -0.25) is 4.79 Å². The summed E-state index contributed by atoms with van der Waals surface area (Å²) in [5.41, 5.74) is 0.309. The van der Waals surface area contributed by atoms with Crippen LogP contribution in [0, 0.1) is 12.7 Å². The van der Waals surface area contributed by atoms with Gasteiger partial charge in [0.15, 0.2) is 0 Å². The average Bonchev–Trinajstić information content (AvgIpc) is 2.77. The molecule has 0 saturated carbocycles. The van der Waals surface area contributed by atoms with Gasteiger partial charge in [-0.15, -0.1) is 0 Å². The number of methoxy groups -OCH3 is 1. The highest BCUT2D eigenvalue weighted by Gasteiger charge is 2.18. The molecule has 0 unspecified atom stereocenters. The summed E-state index contributed by atoms with van der Waals surface area (Å²) < 4.78 is 25.9. The minimum atomic E-state index is -0.870. The van der Waals surface area contributed by atoms with Crippen LogP contribution in [0.2, 0.25) is 0 Å². The number of hydrogen-bond acceptors (Lipinski definition) is 5. The Morgan fingerprint density at radius 3 is 2.55 bits per heavy atom. The third kappa shape index (κ3) is 4.16. The molecule has 4 rings (SSSR count). The van der Waals surface area contributed by atoms with E-state index in [0.29, 0.717) is 5.69 Å². The molecule has 3 aromatic carbocycles. The monoisotopic (exact) mass is 418 g/mol. The molecule has 1 heterocycles. The number of hydrogen-bond donors (Lipinski definition) is 0. The van der Waals surface area contributed by atoms with Gasteiger partial charge < -0.3 is 9.47 Å². The number of fused-ring (bicyclic) bond motifs is 1. The Hall–Kier alpha value is -4.00. The number of nitrogens with zero attached hydrogens (tertiary/aromatic N) is 2. The second kappa shape index (κ2) is 8.39. The van der Waals surface area contributed by atoms with Crippen molar-refractivity contribution in [3.63, 3.8) is 0 Å². The highest BCUT2D eigenvalue weighted by Crippen LogP contribution is 2.22. The van der Waals surface area contributed by atoms with Gasteiger partial charge in [0.25, 0.3) is 0 Å². The number of rotatable bonds is 5. The topological polar surface area (TPSA) is 70.4 Å². The minimum Gasteiger partial charge on any atom is -0.497 e. The first kappa shape index (κ1) is 20.3. The van der Waals surface area contributed by atoms with Crippen molar-refractivity contribution in [2.45, 2.75) is 13.5 Å². The third-order valence-electron chi connectivity index (χ3n) is 4.86. The molecule has 31 heavy (non-hydrogen) atoms. The molecule has 0 amide bonds. The lowest BCUT2D eigenvalue weighted by Crippen LogP contribution is -2.24. The van der Waals surface area contributed by atoms with Crippen molar-refractivity contribution in [3.8, 4) is 11.4 Å². The Bertz CT molecular complexity index is 1350. The van der Waals surface area contributed by atoms with Gasteiger partial charge >= 0.3 is 5.97 Å². The average molecular weight is 418 g/mol. The molecule has 0 aliphatic heterocycles. The van der Waals surface area contributed by atoms with Crippen LogP contribution in [-0.2, 0) is 11.3 Å². The number of carbonyl (C=O) groups is 1. The standard InChI is InChI=1S/C24H19FN2O4/c1-15-11-22(28)23(26-27(15)21-6-4-3-5-20(21)25)24(29)31-14-16-7-8-18-13-19(30-2)10-9-17(18)12-16/h3-13H,14H2,1-2H3. The van der Waals surface area contributed by atoms with E-state index < -0.39 is 22.9 Å². The van der Waals surface area contributed by atoms with Gasteiger partial charge in [0.05, 0.1) is 7.11 Å². The molecular weight excluding hydrogens is 399 g/mol. The number of halogens is 1. The zero-order chi connectivity index (χ0) is 22.0. The lowest BCUT2D eigenvalue weighted by Gasteiger charge is -2.12. The summed E-state index contributed by atoms with van der Waals surface area (Å²) in [6, 6.07) is 18.5. The second-order valence-corrected chi connectivity index (χ2v) is 6.99. The molecule has 0 atom stereocenters. The molecule has 6 nitrogen and oxygen atoms in total. The van der Waals surface area contributed by atoms with Gasteiger partial charge in [0.1, 0.15) is 23.9 Å². The van der Waals surface area contributed by atoms with Crippen LogP contribution >= 0.6 is 0 Å². The molecule has 0 bridgehead atoms. The molecule has 0 N–H and O–H groups in total. The minimum absolute atomic E-state index is 0.0322. The van der Waals surface area contributed by atoms with Crippen LogP contribution < -0.4 is 10.2 Å².